The fourth-order valence-corrected chi connectivity index (χ4v) is 3.35. The molecule has 3 N–H and O–H groups in total. The number of anilines is 1. The minimum absolute atomic E-state index is 0.0906. The molecule has 0 spiro atoms. The zero-order chi connectivity index (χ0) is 17.0. The summed E-state index contributed by atoms with van der Waals surface area (Å²) in [5.41, 5.74) is 6.13. The van der Waals surface area contributed by atoms with Crippen molar-refractivity contribution < 1.29 is 9.59 Å². The van der Waals surface area contributed by atoms with Crippen molar-refractivity contribution in [3.8, 4) is 0 Å². The van der Waals surface area contributed by atoms with Gasteiger partial charge in [-0.05, 0) is 39.5 Å². The highest BCUT2D eigenvalue weighted by Crippen LogP contribution is 2.22. The number of carbonyl (C=O) groups is 2. The Hall–Kier alpha value is -1.63. The van der Waals surface area contributed by atoms with Crippen molar-refractivity contribution in [1.29, 1.82) is 0 Å². The molecule has 1 aliphatic rings. The molecule has 0 atom stereocenters. The van der Waals surface area contributed by atoms with E-state index in [1.807, 2.05) is 31.1 Å². The van der Waals surface area contributed by atoms with Crippen LogP contribution in [0.3, 0.4) is 0 Å². The Morgan fingerprint density at radius 2 is 2.04 bits per heavy atom. The number of nitrogen functional groups attached to an aromatic ring is 1. The molecule has 1 fully saturated rings. The lowest BCUT2D eigenvalue weighted by molar-refractivity contribution is -0.132. The number of amides is 2. The standard InChI is InChI=1S/C16H26N4O2S/c1-16(2,3)19-13(21)8-11-4-6-20(7-5-11)14(22)9-12-10-23-15(17)18-12/h10-11H,4-9H2,1-3H3,(H2,17,18)(H,19,21). The summed E-state index contributed by atoms with van der Waals surface area (Å²) in [6.45, 7) is 7.38. The molecule has 0 unspecified atom stereocenters. The molecule has 7 heteroatoms. The lowest BCUT2D eigenvalue weighted by Crippen LogP contribution is -2.43. The number of hydrogen-bond donors (Lipinski definition) is 2. The maximum atomic E-state index is 12.3. The maximum absolute atomic E-state index is 12.3. The van der Waals surface area contributed by atoms with Crippen molar-refractivity contribution in [1.82, 2.24) is 15.2 Å². The summed E-state index contributed by atoms with van der Waals surface area (Å²) in [6.07, 6.45) is 2.61. The third-order valence-electron chi connectivity index (χ3n) is 3.86. The van der Waals surface area contributed by atoms with Crippen LogP contribution in [0.25, 0.3) is 0 Å². The predicted octanol–water partition coefficient (Wildman–Crippen LogP) is 1.81. The van der Waals surface area contributed by atoms with Crippen LogP contribution in [0, 0.1) is 5.92 Å². The van der Waals surface area contributed by atoms with Gasteiger partial charge in [0.15, 0.2) is 5.13 Å². The van der Waals surface area contributed by atoms with Crippen molar-refractivity contribution in [3.63, 3.8) is 0 Å². The molecule has 2 heterocycles. The zero-order valence-electron chi connectivity index (χ0n) is 14.1. The molecule has 1 aromatic rings. The molecule has 0 radical (unpaired) electrons. The van der Waals surface area contributed by atoms with Crippen LogP contribution in [0.4, 0.5) is 5.13 Å². The van der Waals surface area contributed by atoms with Gasteiger partial charge in [0.1, 0.15) is 0 Å². The number of nitrogens with zero attached hydrogens (tertiary/aromatic N) is 2. The molecule has 1 aliphatic heterocycles. The summed E-state index contributed by atoms with van der Waals surface area (Å²) >= 11 is 1.36. The van der Waals surface area contributed by atoms with E-state index in [1.54, 1.807) is 0 Å². The van der Waals surface area contributed by atoms with E-state index in [1.165, 1.54) is 11.3 Å². The third-order valence-corrected chi connectivity index (χ3v) is 4.58. The first-order valence-corrected chi connectivity index (χ1v) is 8.89. The Kier molecular flexibility index (Phi) is 5.62. The zero-order valence-corrected chi connectivity index (χ0v) is 14.9. The number of hydrogen-bond acceptors (Lipinski definition) is 5. The van der Waals surface area contributed by atoms with Crippen molar-refractivity contribution in [2.45, 2.75) is 52.0 Å². The van der Waals surface area contributed by atoms with Crippen molar-refractivity contribution >= 4 is 28.3 Å². The van der Waals surface area contributed by atoms with Crippen LogP contribution in [-0.2, 0) is 16.0 Å². The summed E-state index contributed by atoms with van der Waals surface area (Å²) in [4.78, 5) is 30.2. The number of rotatable bonds is 4. The highest BCUT2D eigenvalue weighted by atomic mass is 32.1. The number of carbonyl (C=O) groups excluding carboxylic acids is 2. The van der Waals surface area contributed by atoms with E-state index in [2.05, 4.69) is 10.3 Å². The van der Waals surface area contributed by atoms with Crippen LogP contribution in [-0.4, -0.2) is 40.3 Å². The Labute approximate surface area is 141 Å². The fourth-order valence-electron chi connectivity index (χ4n) is 2.79. The van der Waals surface area contributed by atoms with Crippen LogP contribution in [0.15, 0.2) is 5.38 Å². The first kappa shape index (κ1) is 17.7. The molecule has 23 heavy (non-hydrogen) atoms. The van der Waals surface area contributed by atoms with Crippen LogP contribution in [0.5, 0.6) is 0 Å². The van der Waals surface area contributed by atoms with E-state index in [4.69, 9.17) is 5.73 Å². The number of likely N-dealkylation sites (tertiary alicyclic amines) is 1. The topological polar surface area (TPSA) is 88.3 Å². The van der Waals surface area contributed by atoms with Gasteiger partial charge in [0.2, 0.25) is 11.8 Å². The quantitative estimate of drug-likeness (QED) is 0.876. The average Bonchev–Trinajstić information content (AvgIpc) is 2.82. The van der Waals surface area contributed by atoms with Gasteiger partial charge in [0.25, 0.3) is 0 Å². The second kappa shape index (κ2) is 7.29. The second-order valence-corrected chi connectivity index (χ2v) is 8.07. The van der Waals surface area contributed by atoms with E-state index in [0.29, 0.717) is 37.0 Å². The Morgan fingerprint density at radius 1 is 1.39 bits per heavy atom. The molecule has 1 aromatic heterocycles. The Bertz CT molecular complexity index is 557. The molecule has 0 aliphatic carbocycles. The highest BCUT2D eigenvalue weighted by molar-refractivity contribution is 7.13. The van der Waals surface area contributed by atoms with E-state index in [0.717, 1.165) is 18.5 Å². The van der Waals surface area contributed by atoms with Crippen molar-refractivity contribution in [2.24, 2.45) is 5.92 Å². The van der Waals surface area contributed by atoms with Gasteiger partial charge in [0, 0.05) is 30.4 Å². The average molecular weight is 338 g/mol. The van der Waals surface area contributed by atoms with Crippen LogP contribution >= 0.6 is 11.3 Å². The van der Waals surface area contributed by atoms with E-state index in [9.17, 15) is 9.59 Å². The van der Waals surface area contributed by atoms with Gasteiger partial charge in [-0.25, -0.2) is 4.98 Å². The molecule has 0 bridgehead atoms. The van der Waals surface area contributed by atoms with Crippen LogP contribution in [0.1, 0.15) is 45.7 Å². The van der Waals surface area contributed by atoms with Crippen molar-refractivity contribution in [2.75, 3.05) is 18.8 Å². The summed E-state index contributed by atoms with van der Waals surface area (Å²) in [6, 6.07) is 0. The summed E-state index contributed by atoms with van der Waals surface area (Å²) < 4.78 is 0. The number of nitrogens with two attached hydrogens (primary N) is 1. The van der Waals surface area contributed by atoms with Crippen molar-refractivity contribution in [3.05, 3.63) is 11.1 Å². The molecule has 128 valence electrons. The predicted molar refractivity (Wildman–Crippen MR) is 92.0 cm³/mol. The van der Waals surface area contributed by atoms with Gasteiger partial charge in [-0.2, -0.15) is 0 Å². The van der Waals surface area contributed by atoms with E-state index < -0.39 is 0 Å². The van der Waals surface area contributed by atoms with E-state index >= 15 is 0 Å². The van der Waals surface area contributed by atoms with Crippen LogP contribution in [0.2, 0.25) is 0 Å². The highest BCUT2D eigenvalue weighted by Gasteiger charge is 2.25. The monoisotopic (exact) mass is 338 g/mol. The number of piperidine rings is 1. The fraction of sp³-hybridized carbons (Fsp3) is 0.688. The normalized spacial score (nSPS) is 16.4. The van der Waals surface area contributed by atoms with Gasteiger partial charge in [0.05, 0.1) is 12.1 Å². The molecule has 6 nitrogen and oxygen atoms in total. The second-order valence-electron chi connectivity index (χ2n) is 7.18. The first-order valence-electron chi connectivity index (χ1n) is 8.01. The molecule has 1 saturated heterocycles. The van der Waals surface area contributed by atoms with Gasteiger partial charge in [-0.15, -0.1) is 11.3 Å². The molecular weight excluding hydrogens is 312 g/mol. The number of thiazole rings is 1. The largest absolute Gasteiger partial charge is 0.375 e. The minimum atomic E-state index is -0.191. The Morgan fingerprint density at radius 3 is 2.57 bits per heavy atom. The maximum Gasteiger partial charge on any atom is 0.228 e. The summed E-state index contributed by atoms with van der Waals surface area (Å²) in [7, 11) is 0. The van der Waals surface area contributed by atoms with Gasteiger partial charge in [-0.1, -0.05) is 0 Å². The molecule has 0 aromatic carbocycles. The lowest BCUT2D eigenvalue weighted by Gasteiger charge is -2.32. The third kappa shape index (κ3) is 5.82. The Balaban J connectivity index is 1.75. The van der Waals surface area contributed by atoms with Gasteiger partial charge in [-0.3, -0.25) is 9.59 Å². The molecule has 2 amide bonds. The van der Waals surface area contributed by atoms with Gasteiger partial charge >= 0.3 is 0 Å². The lowest BCUT2D eigenvalue weighted by atomic mass is 9.92. The summed E-state index contributed by atoms with van der Waals surface area (Å²) in [5.74, 6) is 0.546. The molecular formula is C16H26N4O2S. The molecule has 2 rings (SSSR count). The number of nitrogens with one attached hydrogen (secondary N) is 1. The van der Waals surface area contributed by atoms with Crippen LogP contribution < -0.4 is 11.1 Å². The molecule has 0 saturated carbocycles. The first-order chi connectivity index (χ1) is 10.7. The number of aromatic nitrogens is 1. The van der Waals surface area contributed by atoms with E-state index in [-0.39, 0.29) is 17.4 Å². The van der Waals surface area contributed by atoms with Gasteiger partial charge < -0.3 is 16.0 Å². The minimum Gasteiger partial charge on any atom is -0.375 e. The smallest absolute Gasteiger partial charge is 0.228 e. The SMILES string of the molecule is CC(C)(C)NC(=O)CC1CCN(C(=O)Cc2csc(N)n2)CC1. The summed E-state index contributed by atoms with van der Waals surface area (Å²) in [5, 5.41) is 5.32.